The van der Waals surface area contributed by atoms with Crippen LogP contribution in [-0.2, 0) is 26.0 Å². The number of nitrogens with one attached hydrogen (secondary N) is 1. The van der Waals surface area contributed by atoms with E-state index in [1.54, 1.807) is 42.5 Å². The normalized spacial score (nSPS) is 12.8. The third-order valence-corrected chi connectivity index (χ3v) is 8.64. The minimum Gasteiger partial charge on any atom is -0.352 e. The first-order valence-electron chi connectivity index (χ1n) is 13.1. The number of sulfonamides is 1. The molecular formula is C30H36ClN3O4S. The molecule has 0 spiro atoms. The molecule has 208 valence electrons. The summed E-state index contributed by atoms with van der Waals surface area (Å²) in [6, 6.07) is 23.1. The quantitative estimate of drug-likeness (QED) is 0.303. The number of carbonyl (C=O) groups is 2. The van der Waals surface area contributed by atoms with Gasteiger partial charge >= 0.3 is 0 Å². The maximum Gasteiger partial charge on any atom is 0.264 e. The fourth-order valence-electron chi connectivity index (χ4n) is 4.19. The van der Waals surface area contributed by atoms with Gasteiger partial charge in [-0.15, -0.1) is 0 Å². The molecule has 2 atom stereocenters. The zero-order valence-electron chi connectivity index (χ0n) is 22.6. The summed E-state index contributed by atoms with van der Waals surface area (Å²) in [5, 5.41) is 3.43. The van der Waals surface area contributed by atoms with Crippen LogP contribution >= 0.6 is 11.6 Å². The minimum absolute atomic E-state index is 0.0540. The van der Waals surface area contributed by atoms with Crippen LogP contribution in [0.1, 0.15) is 39.2 Å². The van der Waals surface area contributed by atoms with Crippen LogP contribution in [0.5, 0.6) is 0 Å². The zero-order chi connectivity index (χ0) is 28.4. The molecule has 0 saturated carbocycles. The van der Waals surface area contributed by atoms with Gasteiger partial charge in [-0.1, -0.05) is 74.0 Å². The molecular weight excluding hydrogens is 534 g/mol. The summed E-state index contributed by atoms with van der Waals surface area (Å²) >= 11 is 6.06. The molecule has 0 heterocycles. The number of hydrogen-bond donors (Lipinski definition) is 1. The summed E-state index contributed by atoms with van der Waals surface area (Å²) in [5.41, 5.74) is 1.32. The van der Waals surface area contributed by atoms with E-state index in [-0.39, 0.29) is 23.4 Å². The van der Waals surface area contributed by atoms with Crippen LogP contribution in [0.4, 0.5) is 5.69 Å². The molecule has 0 bridgehead atoms. The van der Waals surface area contributed by atoms with Gasteiger partial charge in [0, 0.05) is 17.6 Å². The predicted octanol–water partition coefficient (Wildman–Crippen LogP) is 5.30. The van der Waals surface area contributed by atoms with Gasteiger partial charge in [-0.3, -0.25) is 13.9 Å². The van der Waals surface area contributed by atoms with Crippen molar-refractivity contribution in [3.63, 3.8) is 0 Å². The fourth-order valence-corrected chi connectivity index (χ4v) is 5.75. The predicted molar refractivity (Wildman–Crippen MR) is 156 cm³/mol. The van der Waals surface area contributed by atoms with Crippen LogP contribution in [0.25, 0.3) is 0 Å². The van der Waals surface area contributed by atoms with Crippen molar-refractivity contribution in [2.45, 2.75) is 57.0 Å². The molecule has 3 aromatic rings. The number of halogens is 1. The average molecular weight is 570 g/mol. The van der Waals surface area contributed by atoms with Crippen LogP contribution in [0, 0.1) is 0 Å². The highest BCUT2D eigenvalue weighted by Crippen LogP contribution is 2.26. The van der Waals surface area contributed by atoms with Crippen LogP contribution in [-0.4, -0.2) is 50.3 Å². The van der Waals surface area contributed by atoms with Gasteiger partial charge in [-0.2, -0.15) is 0 Å². The molecule has 0 aliphatic heterocycles. The van der Waals surface area contributed by atoms with E-state index in [1.165, 1.54) is 17.0 Å². The highest BCUT2D eigenvalue weighted by atomic mass is 35.5. The Labute approximate surface area is 236 Å². The Bertz CT molecular complexity index is 1320. The van der Waals surface area contributed by atoms with Crippen molar-refractivity contribution in [3.8, 4) is 0 Å². The maximum absolute atomic E-state index is 14.0. The van der Waals surface area contributed by atoms with E-state index in [0.29, 0.717) is 23.6 Å². The van der Waals surface area contributed by atoms with Crippen LogP contribution in [0.2, 0.25) is 5.02 Å². The van der Waals surface area contributed by atoms with E-state index in [0.717, 1.165) is 16.3 Å². The van der Waals surface area contributed by atoms with Crippen LogP contribution in [0.15, 0.2) is 89.8 Å². The molecule has 0 aromatic heterocycles. The Morgan fingerprint density at radius 2 is 1.46 bits per heavy atom. The monoisotopic (exact) mass is 569 g/mol. The van der Waals surface area contributed by atoms with Crippen molar-refractivity contribution in [1.29, 1.82) is 0 Å². The molecule has 0 radical (unpaired) electrons. The molecule has 0 fully saturated rings. The van der Waals surface area contributed by atoms with Crippen LogP contribution < -0.4 is 9.62 Å². The molecule has 0 aliphatic rings. The van der Waals surface area contributed by atoms with Gasteiger partial charge in [0.1, 0.15) is 12.6 Å². The number of amides is 2. The number of hydrogen-bond acceptors (Lipinski definition) is 4. The lowest BCUT2D eigenvalue weighted by Gasteiger charge is -2.33. The summed E-state index contributed by atoms with van der Waals surface area (Å²) in [6.07, 6.45) is 1.65. The average Bonchev–Trinajstić information content (AvgIpc) is 2.95. The van der Waals surface area contributed by atoms with Gasteiger partial charge in [-0.25, -0.2) is 8.42 Å². The largest absolute Gasteiger partial charge is 0.352 e. The van der Waals surface area contributed by atoms with Crippen molar-refractivity contribution in [3.05, 3.63) is 95.5 Å². The van der Waals surface area contributed by atoms with Gasteiger partial charge in [-0.05, 0) is 68.1 Å². The first-order valence-corrected chi connectivity index (χ1v) is 15.0. The van der Waals surface area contributed by atoms with Gasteiger partial charge in [0.15, 0.2) is 0 Å². The number of benzene rings is 3. The molecule has 39 heavy (non-hydrogen) atoms. The zero-order valence-corrected chi connectivity index (χ0v) is 24.2. The molecule has 3 rings (SSSR count). The maximum atomic E-state index is 14.0. The van der Waals surface area contributed by atoms with E-state index in [4.69, 9.17) is 11.6 Å². The number of rotatable bonds is 13. The molecule has 0 aliphatic carbocycles. The number of anilines is 1. The molecule has 3 aromatic carbocycles. The summed E-state index contributed by atoms with van der Waals surface area (Å²) in [4.78, 5) is 28.8. The van der Waals surface area contributed by atoms with Crippen molar-refractivity contribution in [1.82, 2.24) is 10.2 Å². The first kappa shape index (κ1) is 30.2. The standard InChI is InChI=1S/C30H36ClN3O4S/c1-4-23(3)32-30(36)28(5-2)33(21-20-24-12-8-6-9-13-24)29(35)22-34(26-18-16-25(31)17-19-26)39(37,38)27-14-10-7-11-15-27/h6-19,23,28H,4-5,20-22H2,1-3H3,(H,32,36). The van der Waals surface area contributed by atoms with E-state index in [2.05, 4.69) is 5.32 Å². The first-order chi connectivity index (χ1) is 18.7. The highest BCUT2D eigenvalue weighted by molar-refractivity contribution is 7.92. The van der Waals surface area contributed by atoms with E-state index in [9.17, 15) is 18.0 Å². The summed E-state index contributed by atoms with van der Waals surface area (Å²) < 4.78 is 28.6. The fraction of sp³-hybridized carbons (Fsp3) is 0.333. The summed E-state index contributed by atoms with van der Waals surface area (Å²) in [7, 11) is -4.10. The van der Waals surface area contributed by atoms with Crippen molar-refractivity contribution < 1.29 is 18.0 Å². The number of carbonyl (C=O) groups excluding carboxylic acids is 2. The Hall–Kier alpha value is -3.36. The Morgan fingerprint density at radius 1 is 0.872 bits per heavy atom. The molecule has 1 N–H and O–H groups in total. The number of nitrogens with zero attached hydrogens (tertiary/aromatic N) is 2. The van der Waals surface area contributed by atoms with E-state index >= 15 is 0 Å². The van der Waals surface area contributed by atoms with Crippen LogP contribution in [0.3, 0.4) is 0 Å². The summed E-state index contributed by atoms with van der Waals surface area (Å²) in [6.45, 7) is 5.52. The van der Waals surface area contributed by atoms with Crippen molar-refractivity contribution >= 4 is 39.1 Å². The highest BCUT2D eigenvalue weighted by Gasteiger charge is 2.33. The Kier molecular flexibility index (Phi) is 10.9. The van der Waals surface area contributed by atoms with Gasteiger partial charge in [0.2, 0.25) is 11.8 Å². The summed E-state index contributed by atoms with van der Waals surface area (Å²) in [5.74, 6) is -0.719. The minimum atomic E-state index is -4.10. The second-order valence-corrected chi connectivity index (χ2v) is 11.7. The third-order valence-electron chi connectivity index (χ3n) is 6.60. The molecule has 2 unspecified atom stereocenters. The van der Waals surface area contributed by atoms with Crippen molar-refractivity contribution in [2.75, 3.05) is 17.4 Å². The van der Waals surface area contributed by atoms with Gasteiger partial charge in [0.05, 0.1) is 10.6 Å². The van der Waals surface area contributed by atoms with Crippen molar-refractivity contribution in [2.24, 2.45) is 0 Å². The molecule has 2 amide bonds. The van der Waals surface area contributed by atoms with E-state index in [1.807, 2.05) is 51.1 Å². The topological polar surface area (TPSA) is 86.8 Å². The van der Waals surface area contributed by atoms with E-state index < -0.39 is 28.5 Å². The smallest absolute Gasteiger partial charge is 0.264 e. The Balaban J connectivity index is 1.99. The third kappa shape index (κ3) is 8.07. The SMILES string of the molecule is CCC(C)NC(=O)C(CC)N(CCc1ccccc1)C(=O)CN(c1ccc(Cl)cc1)S(=O)(=O)c1ccccc1. The molecule has 7 nitrogen and oxygen atoms in total. The Morgan fingerprint density at radius 3 is 2.03 bits per heavy atom. The second kappa shape index (κ2) is 14.1. The lowest BCUT2D eigenvalue weighted by atomic mass is 10.1. The van der Waals surface area contributed by atoms with Gasteiger partial charge < -0.3 is 10.2 Å². The molecule has 9 heteroatoms. The lowest BCUT2D eigenvalue weighted by Crippen LogP contribution is -2.54. The van der Waals surface area contributed by atoms with Gasteiger partial charge in [0.25, 0.3) is 10.0 Å². The lowest BCUT2D eigenvalue weighted by molar-refractivity contribution is -0.139. The molecule has 0 saturated heterocycles. The second-order valence-electron chi connectivity index (χ2n) is 9.37.